The number of halogens is 1. The van der Waals surface area contributed by atoms with E-state index in [0.29, 0.717) is 35.4 Å². The third-order valence-corrected chi connectivity index (χ3v) is 6.01. The number of carbonyl (C=O) groups excluding carboxylic acids is 2. The number of phenolic OH excluding ortho intramolecular Hbond substituents is 1. The fourth-order valence-electron chi connectivity index (χ4n) is 4.35. The Morgan fingerprint density at radius 1 is 1.26 bits per heavy atom. The molecule has 1 aliphatic heterocycles. The molecule has 8 heteroatoms. The maximum absolute atomic E-state index is 13.3. The zero-order valence-electron chi connectivity index (χ0n) is 18.5. The van der Waals surface area contributed by atoms with Crippen molar-refractivity contribution in [2.24, 2.45) is 16.3 Å². The van der Waals surface area contributed by atoms with Crippen molar-refractivity contribution in [1.82, 2.24) is 0 Å². The van der Waals surface area contributed by atoms with Crippen LogP contribution in [-0.2, 0) is 19.1 Å². The quantitative estimate of drug-likeness (QED) is 0.519. The van der Waals surface area contributed by atoms with E-state index in [1.807, 2.05) is 13.8 Å². The highest BCUT2D eigenvalue weighted by atomic mass is 35.5. The Labute approximate surface area is 187 Å². The number of esters is 1. The molecule has 1 unspecified atom stereocenters. The van der Waals surface area contributed by atoms with E-state index in [-0.39, 0.29) is 40.9 Å². The summed E-state index contributed by atoms with van der Waals surface area (Å²) in [5.41, 5.74) is 2.12. The van der Waals surface area contributed by atoms with Crippen LogP contribution in [0.15, 0.2) is 28.4 Å². The van der Waals surface area contributed by atoms with Crippen molar-refractivity contribution in [2.75, 3.05) is 27.4 Å². The maximum Gasteiger partial charge on any atom is 0.315 e. The van der Waals surface area contributed by atoms with E-state index >= 15 is 0 Å². The second kappa shape index (κ2) is 9.01. The smallest absolute Gasteiger partial charge is 0.315 e. The van der Waals surface area contributed by atoms with Gasteiger partial charge in [0.2, 0.25) is 0 Å². The molecule has 1 N–H and O–H groups in total. The van der Waals surface area contributed by atoms with Crippen LogP contribution >= 0.6 is 11.6 Å². The number of methoxy groups -OCH3 is 2. The lowest BCUT2D eigenvalue weighted by Crippen LogP contribution is -2.39. The number of aromatic hydroxyl groups is 1. The second-order valence-corrected chi connectivity index (χ2v) is 9.13. The maximum atomic E-state index is 13.3. The standard InChI is InChI=1S/C23H28ClNO6/c1-12-18(22(28)31-7-6-29-4)19(13-8-14(24)21(27)17(9-13)30-5)20-15(25-12)10-23(2,3)11-16(20)26/h8-9,18-19,27H,6-7,10-11H2,1-5H3/t18?,19-/m0/s1. The largest absolute Gasteiger partial charge is 0.503 e. The molecular formula is C23H28ClNO6. The van der Waals surface area contributed by atoms with Gasteiger partial charge in [-0.25, -0.2) is 0 Å². The summed E-state index contributed by atoms with van der Waals surface area (Å²) in [6.07, 6.45) is 0.974. The third-order valence-electron chi connectivity index (χ3n) is 5.72. The van der Waals surface area contributed by atoms with Crippen LogP contribution in [0.4, 0.5) is 0 Å². The van der Waals surface area contributed by atoms with Gasteiger partial charge >= 0.3 is 5.97 Å². The number of phenols is 1. The van der Waals surface area contributed by atoms with Gasteiger partial charge in [-0.1, -0.05) is 25.4 Å². The molecule has 7 nitrogen and oxygen atoms in total. The van der Waals surface area contributed by atoms with Crippen LogP contribution in [0, 0.1) is 11.3 Å². The van der Waals surface area contributed by atoms with E-state index in [1.54, 1.807) is 19.1 Å². The molecule has 31 heavy (non-hydrogen) atoms. The van der Waals surface area contributed by atoms with Gasteiger partial charge in [0.25, 0.3) is 0 Å². The number of ketones is 1. The molecule has 1 aromatic carbocycles. The molecule has 168 valence electrons. The first-order valence-electron chi connectivity index (χ1n) is 10.1. The van der Waals surface area contributed by atoms with Gasteiger partial charge in [-0.2, -0.15) is 0 Å². The lowest BCUT2D eigenvalue weighted by atomic mass is 9.67. The van der Waals surface area contributed by atoms with Crippen molar-refractivity contribution in [1.29, 1.82) is 0 Å². The van der Waals surface area contributed by atoms with Gasteiger partial charge in [-0.05, 0) is 36.5 Å². The molecule has 1 aromatic rings. The zero-order valence-corrected chi connectivity index (χ0v) is 19.2. The summed E-state index contributed by atoms with van der Waals surface area (Å²) in [4.78, 5) is 31.0. The van der Waals surface area contributed by atoms with Crippen LogP contribution in [0.2, 0.25) is 5.02 Å². The Balaban J connectivity index is 2.16. The molecule has 0 spiro atoms. The predicted octanol–water partition coefficient (Wildman–Crippen LogP) is 4.06. The monoisotopic (exact) mass is 449 g/mol. The Bertz CT molecular complexity index is 965. The minimum absolute atomic E-state index is 0.0506. The Morgan fingerprint density at radius 3 is 2.61 bits per heavy atom. The first-order valence-corrected chi connectivity index (χ1v) is 10.5. The van der Waals surface area contributed by atoms with Crippen LogP contribution in [0.1, 0.15) is 45.1 Å². The van der Waals surface area contributed by atoms with Crippen molar-refractivity contribution < 1.29 is 28.9 Å². The molecule has 0 saturated carbocycles. The van der Waals surface area contributed by atoms with Crippen LogP contribution < -0.4 is 4.74 Å². The van der Waals surface area contributed by atoms with Crippen LogP contribution in [0.3, 0.4) is 0 Å². The zero-order chi connectivity index (χ0) is 22.9. The Morgan fingerprint density at radius 2 is 1.97 bits per heavy atom. The van der Waals surface area contributed by atoms with Gasteiger partial charge in [0, 0.05) is 36.4 Å². The average Bonchev–Trinajstić information content (AvgIpc) is 2.68. The summed E-state index contributed by atoms with van der Waals surface area (Å²) < 4.78 is 15.6. The molecule has 1 aliphatic carbocycles. The van der Waals surface area contributed by atoms with Crippen molar-refractivity contribution in [2.45, 2.75) is 39.5 Å². The Hall–Kier alpha value is -2.38. The fraction of sp³-hybridized carbons (Fsp3) is 0.522. The fourth-order valence-corrected chi connectivity index (χ4v) is 4.57. The lowest BCUT2D eigenvalue weighted by Gasteiger charge is -2.39. The molecule has 0 bridgehead atoms. The molecule has 0 aromatic heterocycles. The van der Waals surface area contributed by atoms with Crippen LogP contribution in [-0.4, -0.2) is 50.0 Å². The number of Topliss-reactive ketones (excluding diaryl/α,β-unsaturated/α-hetero) is 1. The number of benzene rings is 1. The van der Waals surface area contributed by atoms with Crippen LogP contribution in [0.25, 0.3) is 0 Å². The molecule has 0 radical (unpaired) electrons. The Kier molecular flexibility index (Phi) is 6.76. The predicted molar refractivity (Wildman–Crippen MR) is 117 cm³/mol. The lowest BCUT2D eigenvalue weighted by molar-refractivity contribution is -0.147. The van der Waals surface area contributed by atoms with Crippen molar-refractivity contribution >= 4 is 29.1 Å². The molecule has 0 fully saturated rings. The third kappa shape index (κ3) is 4.62. The van der Waals surface area contributed by atoms with Gasteiger partial charge in [0.1, 0.15) is 12.5 Å². The summed E-state index contributed by atoms with van der Waals surface area (Å²) in [5.74, 6) is -2.01. The van der Waals surface area contributed by atoms with E-state index in [2.05, 4.69) is 4.99 Å². The number of hydrogen-bond donors (Lipinski definition) is 1. The highest BCUT2D eigenvalue weighted by molar-refractivity contribution is 6.32. The second-order valence-electron chi connectivity index (χ2n) is 8.72. The number of ether oxygens (including phenoxy) is 3. The van der Waals surface area contributed by atoms with E-state index in [9.17, 15) is 14.7 Å². The molecular weight excluding hydrogens is 422 g/mol. The first kappa shape index (κ1) is 23.3. The molecule has 2 atom stereocenters. The summed E-state index contributed by atoms with van der Waals surface area (Å²) in [5, 5.41) is 10.3. The summed E-state index contributed by atoms with van der Waals surface area (Å²) >= 11 is 6.25. The first-order chi connectivity index (χ1) is 14.6. The topological polar surface area (TPSA) is 94.4 Å². The van der Waals surface area contributed by atoms with E-state index < -0.39 is 17.8 Å². The molecule has 0 amide bonds. The molecule has 2 aliphatic rings. The van der Waals surface area contributed by atoms with E-state index in [1.165, 1.54) is 14.2 Å². The molecule has 0 saturated heterocycles. The van der Waals surface area contributed by atoms with Gasteiger partial charge in [-0.15, -0.1) is 0 Å². The number of nitrogens with zero attached hydrogens (tertiary/aromatic N) is 1. The number of carbonyl (C=O) groups is 2. The van der Waals surface area contributed by atoms with Gasteiger partial charge in [0.05, 0.1) is 18.7 Å². The van der Waals surface area contributed by atoms with E-state index in [0.717, 1.165) is 0 Å². The summed E-state index contributed by atoms with van der Waals surface area (Å²) in [6, 6.07) is 3.17. The summed E-state index contributed by atoms with van der Waals surface area (Å²) in [7, 11) is 2.94. The number of allylic oxidation sites excluding steroid dienone is 2. The summed E-state index contributed by atoms with van der Waals surface area (Å²) in [6.45, 7) is 6.18. The van der Waals surface area contributed by atoms with Crippen molar-refractivity contribution in [3.8, 4) is 11.5 Å². The van der Waals surface area contributed by atoms with Gasteiger partial charge in [-0.3, -0.25) is 14.6 Å². The van der Waals surface area contributed by atoms with Crippen LogP contribution in [0.5, 0.6) is 11.5 Å². The minimum atomic E-state index is -0.800. The average molecular weight is 450 g/mol. The van der Waals surface area contributed by atoms with E-state index in [4.69, 9.17) is 25.8 Å². The number of hydrogen-bond acceptors (Lipinski definition) is 7. The molecule has 1 heterocycles. The number of rotatable bonds is 6. The highest BCUT2D eigenvalue weighted by Gasteiger charge is 2.46. The van der Waals surface area contributed by atoms with Gasteiger partial charge < -0.3 is 19.3 Å². The SMILES string of the molecule is COCCOC(=O)C1C(C)=NC2=C(C(=O)CC(C)(C)C2)[C@H]1c1cc(Cl)c(O)c(OC)c1. The number of aliphatic imine (C=N–C) groups is 1. The van der Waals surface area contributed by atoms with Gasteiger partial charge in [0.15, 0.2) is 17.3 Å². The van der Waals surface area contributed by atoms with Crippen molar-refractivity contribution in [3.63, 3.8) is 0 Å². The normalized spacial score (nSPS) is 22.6. The minimum Gasteiger partial charge on any atom is -0.503 e. The van der Waals surface area contributed by atoms with Crippen molar-refractivity contribution in [3.05, 3.63) is 34.0 Å². The molecule has 3 rings (SSSR count). The highest BCUT2D eigenvalue weighted by Crippen LogP contribution is 2.49.